The van der Waals surface area contributed by atoms with Gasteiger partial charge in [-0.2, -0.15) is 13.2 Å². The molecule has 198 valence electrons. The van der Waals surface area contributed by atoms with E-state index in [1.165, 1.54) is 0 Å². The van der Waals surface area contributed by atoms with Gasteiger partial charge in [-0.3, -0.25) is 9.52 Å². The monoisotopic (exact) mass is 528 g/mol. The first-order valence-electron chi connectivity index (χ1n) is 11.5. The average Bonchev–Trinajstić information content (AvgIpc) is 3.61. The molecule has 0 heterocycles. The maximum absolute atomic E-state index is 12.7. The summed E-state index contributed by atoms with van der Waals surface area (Å²) < 4.78 is 59.7. The lowest BCUT2D eigenvalue weighted by molar-refractivity contribution is -0.192. The highest BCUT2D eigenvalue weighted by Crippen LogP contribution is 2.48. The molecule has 2 aromatic carbocycles. The molecule has 0 bridgehead atoms. The van der Waals surface area contributed by atoms with Gasteiger partial charge in [0.2, 0.25) is 5.91 Å². The topological polar surface area (TPSA) is 113 Å². The van der Waals surface area contributed by atoms with Crippen molar-refractivity contribution in [3.63, 3.8) is 0 Å². The van der Waals surface area contributed by atoms with Crippen molar-refractivity contribution in [1.82, 2.24) is 5.32 Å². The first-order chi connectivity index (χ1) is 16.6. The normalized spacial score (nSPS) is 15.3. The van der Waals surface area contributed by atoms with Crippen LogP contribution in [0.1, 0.15) is 64.0 Å². The second kappa shape index (κ2) is 11.3. The lowest BCUT2D eigenvalue weighted by Crippen LogP contribution is -2.39. The Bertz CT molecular complexity index is 1160. The molecule has 0 spiro atoms. The summed E-state index contributed by atoms with van der Waals surface area (Å²) in [7, 11) is -3.65. The Balaban J connectivity index is 0.000000572. The van der Waals surface area contributed by atoms with Crippen LogP contribution in [0.15, 0.2) is 53.4 Å². The lowest BCUT2D eigenvalue weighted by atomic mass is 9.94. The van der Waals surface area contributed by atoms with Gasteiger partial charge in [-0.25, -0.2) is 13.2 Å². The quantitative estimate of drug-likeness (QED) is 0.437. The van der Waals surface area contributed by atoms with Crippen LogP contribution in [0, 0.1) is 0 Å². The van der Waals surface area contributed by atoms with Crippen LogP contribution in [-0.2, 0) is 25.0 Å². The zero-order valence-electron chi connectivity index (χ0n) is 20.5. The van der Waals surface area contributed by atoms with Crippen molar-refractivity contribution in [3.05, 3.63) is 59.7 Å². The van der Waals surface area contributed by atoms with Gasteiger partial charge >= 0.3 is 12.1 Å². The molecular weight excluding hydrogens is 497 g/mol. The Morgan fingerprint density at radius 1 is 1.00 bits per heavy atom. The SMILES string of the molecule is CCC(C)NC(=O)C1(c2ccc(NS(=O)(=O)c3ccc(C(C)C)cc3)cc2)CC1.O=C(O)C(F)(F)F. The van der Waals surface area contributed by atoms with Gasteiger partial charge in [0.05, 0.1) is 10.3 Å². The summed E-state index contributed by atoms with van der Waals surface area (Å²) in [5.74, 6) is -2.35. The number of carbonyl (C=O) groups is 2. The summed E-state index contributed by atoms with van der Waals surface area (Å²) in [6.45, 7) is 8.18. The van der Waals surface area contributed by atoms with E-state index < -0.39 is 27.6 Å². The molecule has 1 fully saturated rings. The van der Waals surface area contributed by atoms with E-state index in [0.29, 0.717) is 11.6 Å². The molecule has 1 aliphatic rings. The Morgan fingerprint density at radius 2 is 1.50 bits per heavy atom. The predicted octanol–water partition coefficient (Wildman–Crippen LogP) is 5.19. The fourth-order valence-electron chi connectivity index (χ4n) is 3.34. The Morgan fingerprint density at radius 3 is 1.89 bits per heavy atom. The summed E-state index contributed by atoms with van der Waals surface area (Å²) in [5, 5.41) is 10.2. The van der Waals surface area contributed by atoms with Crippen LogP contribution in [0.5, 0.6) is 0 Å². The van der Waals surface area contributed by atoms with Crippen LogP contribution in [0.25, 0.3) is 0 Å². The van der Waals surface area contributed by atoms with Gasteiger partial charge in [-0.05, 0) is 67.5 Å². The standard InChI is InChI=1S/C23H30N2O3S.C2HF3O2/c1-5-17(4)24-22(26)23(14-15-23)19-8-10-20(11-9-19)25-29(27,28)21-12-6-18(7-13-21)16(2)3;3-2(4,5)1(6)7/h6-13,16-17,25H,5,14-15H2,1-4H3,(H,24,26);(H,6,7). The number of hydrogen-bond acceptors (Lipinski definition) is 4. The van der Waals surface area contributed by atoms with Crippen LogP contribution in [0.3, 0.4) is 0 Å². The third kappa shape index (κ3) is 7.46. The summed E-state index contributed by atoms with van der Waals surface area (Å²) >= 11 is 0. The van der Waals surface area contributed by atoms with Crippen molar-refractivity contribution in [2.45, 2.75) is 75.4 Å². The number of amides is 1. The number of anilines is 1. The van der Waals surface area contributed by atoms with Crippen LogP contribution >= 0.6 is 0 Å². The molecule has 1 aliphatic carbocycles. The molecule has 1 atom stereocenters. The van der Waals surface area contributed by atoms with Crippen molar-refractivity contribution in [2.24, 2.45) is 0 Å². The van der Waals surface area contributed by atoms with Crippen LogP contribution in [0.2, 0.25) is 0 Å². The van der Waals surface area contributed by atoms with E-state index in [9.17, 15) is 26.4 Å². The first kappa shape index (κ1) is 29.2. The van der Waals surface area contributed by atoms with Gasteiger partial charge < -0.3 is 10.4 Å². The molecule has 1 amide bonds. The average molecular weight is 529 g/mol. The van der Waals surface area contributed by atoms with Gasteiger partial charge in [0.25, 0.3) is 10.0 Å². The molecule has 1 unspecified atom stereocenters. The number of hydrogen-bond donors (Lipinski definition) is 3. The third-order valence-corrected chi connectivity index (χ3v) is 7.36. The molecule has 2 aromatic rings. The van der Waals surface area contributed by atoms with Gasteiger partial charge in [0.1, 0.15) is 0 Å². The van der Waals surface area contributed by atoms with Gasteiger partial charge in [-0.15, -0.1) is 0 Å². The highest BCUT2D eigenvalue weighted by atomic mass is 32.2. The fraction of sp³-hybridized carbons (Fsp3) is 0.440. The molecule has 3 N–H and O–H groups in total. The smallest absolute Gasteiger partial charge is 0.475 e. The molecule has 3 rings (SSSR count). The number of aliphatic carboxylic acids is 1. The summed E-state index contributed by atoms with van der Waals surface area (Å²) in [4.78, 5) is 21.8. The van der Waals surface area contributed by atoms with E-state index >= 15 is 0 Å². The second-order valence-electron chi connectivity index (χ2n) is 9.07. The van der Waals surface area contributed by atoms with Crippen molar-refractivity contribution >= 4 is 27.6 Å². The number of carbonyl (C=O) groups excluding carboxylic acids is 1. The zero-order chi connectivity index (χ0) is 27.3. The number of carboxylic acids is 1. The summed E-state index contributed by atoms with van der Waals surface area (Å²) in [6, 6.07) is 14.2. The van der Waals surface area contributed by atoms with E-state index in [-0.39, 0.29) is 16.8 Å². The summed E-state index contributed by atoms with van der Waals surface area (Å²) in [6.07, 6.45) is -2.55. The molecule has 11 heteroatoms. The van der Waals surface area contributed by atoms with Gasteiger partial charge in [0, 0.05) is 11.7 Å². The number of benzene rings is 2. The van der Waals surface area contributed by atoms with Gasteiger partial charge in [0.15, 0.2) is 0 Å². The number of halogens is 3. The van der Waals surface area contributed by atoms with E-state index in [0.717, 1.165) is 30.4 Å². The van der Waals surface area contributed by atoms with Crippen molar-refractivity contribution in [2.75, 3.05) is 4.72 Å². The predicted molar refractivity (Wildman–Crippen MR) is 130 cm³/mol. The van der Waals surface area contributed by atoms with E-state index in [2.05, 4.69) is 23.9 Å². The molecule has 0 radical (unpaired) electrons. The lowest BCUT2D eigenvalue weighted by Gasteiger charge is -2.19. The van der Waals surface area contributed by atoms with Crippen molar-refractivity contribution in [3.8, 4) is 0 Å². The Labute approximate surface area is 209 Å². The van der Waals surface area contributed by atoms with Crippen LogP contribution < -0.4 is 10.0 Å². The van der Waals surface area contributed by atoms with E-state index in [1.807, 2.05) is 38.1 Å². The molecule has 1 saturated carbocycles. The second-order valence-corrected chi connectivity index (χ2v) is 10.8. The van der Waals surface area contributed by atoms with E-state index in [4.69, 9.17) is 9.90 Å². The highest BCUT2D eigenvalue weighted by Gasteiger charge is 2.51. The van der Waals surface area contributed by atoms with Gasteiger partial charge in [-0.1, -0.05) is 45.0 Å². The molecule has 0 saturated heterocycles. The molecular formula is C25H31F3N2O5S. The Hall–Kier alpha value is -3.08. The minimum absolute atomic E-state index is 0.0606. The first-order valence-corrected chi connectivity index (χ1v) is 12.9. The fourth-order valence-corrected chi connectivity index (χ4v) is 4.40. The molecule has 0 aromatic heterocycles. The zero-order valence-corrected chi connectivity index (χ0v) is 21.3. The minimum Gasteiger partial charge on any atom is -0.475 e. The maximum atomic E-state index is 12.7. The minimum atomic E-state index is -5.08. The van der Waals surface area contributed by atoms with E-state index in [1.54, 1.807) is 24.3 Å². The maximum Gasteiger partial charge on any atom is 0.490 e. The third-order valence-electron chi connectivity index (χ3n) is 5.96. The summed E-state index contributed by atoms with van der Waals surface area (Å²) in [5.41, 5.74) is 2.05. The van der Waals surface area contributed by atoms with Crippen molar-refractivity contribution < 1.29 is 36.3 Å². The van der Waals surface area contributed by atoms with Crippen LogP contribution in [0.4, 0.5) is 18.9 Å². The molecule has 36 heavy (non-hydrogen) atoms. The number of nitrogens with one attached hydrogen (secondary N) is 2. The highest BCUT2D eigenvalue weighted by molar-refractivity contribution is 7.92. The van der Waals surface area contributed by atoms with Crippen molar-refractivity contribution in [1.29, 1.82) is 0 Å². The molecule has 0 aliphatic heterocycles. The Kier molecular flexibility index (Phi) is 9.17. The number of carboxylic acid groups (broad SMARTS) is 1. The number of alkyl halides is 3. The number of sulfonamides is 1. The number of rotatable bonds is 8. The largest absolute Gasteiger partial charge is 0.490 e. The van der Waals surface area contributed by atoms with Crippen LogP contribution in [-0.4, -0.2) is 37.6 Å². The molecule has 7 nitrogen and oxygen atoms in total.